The highest BCUT2D eigenvalue weighted by Crippen LogP contribution is 2.16. The zero-order valence-corrected chi connectivity index (χ0v) is 12.2. The van der Waals surface area contributed by atoms with Crippen molar-refractivity contribution in [1.29, 1.82) is 0 Å². The fraction of sp³-hybridized carbons (Fsp3) is 0.176. The van der Waals surface area contributed by atoms with Crippen LogP contribution in [0.2, 0.25) is 0 Å². The third-order valence-electron chi connectivity index (χ3n) is 3.56. The summed E-state index contributed by atoms with van der Waals surface area (Å²) in [5, 5.41) is 12.7. The third kappa shape index (κ3) is 2.84. The standard InChI is InChI=1S/C17H17N3O2/c1-11-6-5-9-13-15(11)20-14(19-13)10-18-17(22)16(21)12-7-3-2-4-8-12/h2-9,16,21H,10H2,1H3,(H,18,22)(H,19,20). The highest BCUT2D eigenvalue weighted by Gasteiger charge is 2.17. The number of fused-ring (bicyclic) bond motifs is 1. The second-order valence-corrected chi connectivity index (χ2v) is 5.19. The van der Waals surface area contributed by atoms with E-state index in [1.165, 1.54) is 0 Å². The normalized spacial score (nSPS) is 12.3. The second kappa shape index (κ2) is 5.99. The summed E-state index contributed by atoms with van der Waals surface area (Å²) in [6.07, 6.45) is -1.17. The number of amides is 1. The molecule has 112 valence electrons. The first-order valence-electron chi connectivity index (χ1n) is 7.10. The monoisotopic (exact) mass is 295 g/mol. The summed E-state index contributed by atoms with van der Waals surface area (Å²) in [7, 11) is 0. The smallest absolute Gasteiger partial charge is 0.253 e. The van der Waals surface area contributed by atoms with Gasteiger partial charge in [-0.1, -0.05) is 42.5 Å². The van der Waals surface area contributed by atoms with Crippen LogP contribution < -0.4 is 5.32 Å². The van der Waals surface area contributed by atoms with Crippen molar-refractivity contribution in [3.8, 4) is 0 Å². The minimum Gasteiger partial charge on any atom is -0.378 e. The van der Waals surface area contributed by atoms with Gasteiger partial charge in [0.15, 0.2) is 6.10 Å². The van der Waals surface area contributed by atoms with Gasteiger partial charge in [0, 0.05) is 0 Å². The Balaban J connectivity index is 1.68. The summed E-state index contributed by atoms with van der Waals surface area (Å²) in [5.74, 6) is 0.223. The fourth-order valence-electron chi connectivity index (χ4n) is 2.36. The van der Waals surface area contributed by atoms with Crippen LogP contribution in [-0.2, 0) is 11.3 Å². The molecule has 1 unspecified atom stereocenters. The number of carbonyl (C=O) groups excluding carboxylic acids is 1. The maximum Gasteiger partial charge on any atom is 0.253 e. The lowest BCUT2D eigenvalue weighted by atomic mass is 10.1. The number of rotatable bonds is 4. The molecule has 5 heteroatoms. The quantitative estimate of drug-likeness (QED) is 0.690. The topological polar surface area (TPSA) is 78.0 Å². The molecule has 0 aliphatic heterocycles. The number of carbonyl (C=O) groups is 1. The average Bonchev–Trinajstić information content (AvgIpc) is 2.97. The molecule has 0 radical (unpaired) electrons. The fourth-order valence-corrected chi connectivity index (χ4v) is 2.36. The van der Waals surface area contributed by atoms with E-state index in [4.69, 9.17) is 0 Å². The lowest BCUT2D eigenvalue weighted by molar-refractivity contribution is -0.129. The Labute approximate surface area is 128 Å². The van der Waals surface area contributed by atoms with Gasteiger partial charge in [-0.2, -0.15) is 0 Å². The zero-order valence-electron chi connectivity index (χ0n) is 12.2. The maximum absolute atomic E-state index is 12.0. The largest absolute Gasteiger partial charge is 0.378 e. The van der Waals surface area contributed by atoms with Crippen molar-refractivity contribution < 1.29 is 9.90 Å². The molecule has 3 rings (SSSR count). The molecule has 2 aromatic carbocycles. The van der Waals surface area contributed by atoms with Crippen molar-refractivity contribution >= 4 is 16.9 Å². The van der Waals surface area contributed by atoms with Crippen molar-refractivity contribution in [2.75, 3.05) is 0 Å². The van der Waals surface area contributed by atoms with Crippen LogP contribution in [0.15, 0.2) is 48.5 Å². The number of benzene rings is 2. The number of nitrogens with one attached hydrogen (secondary N) is 2. The van der Waals surface area contributed by atoms with Crippen LogP contribution in [-0.4, -0.2) is 21.0 Å². The number of H-pyrrole nitrogens is 1. The van der Waals surface area contributed by atoms with Gasteiger partial charge in [-0.25, -0.2) is 4.98 Å². The molecule has 5 nitrogen and oxygen atoms in total. The molecular formula is C17H17N3O2. The van der Waals surface area contributed by atoms with Gasteiger partial charge in [-0.05, 0) is 24.1 Å². The Bertz CT molecular complexity index is 796. The molecule has 0 bridgehead atoms. The van der Waals surface area contributed by atoms with Crippen molar-refractivity contribution in [2.24, 2.45) is 0 Å². The van der Waals surface area contributed by atoms with Crippen LogP contribution in [0.1, 0.15) is 23.1 Å². The van der Waals surface area contributed by atoms with Crippen molar-refractivity contribution in [1.82, 2.24) is 15.3 Å². The number of aliphatic hydroxyl groups is 1. The first-order valence-corrected chi connectivity index (χ1v) is 7.10. The minimum atomic E-state index is -1.17. The molecule has 0 saturated heterocycles. The number of imidazole rings is 1. The Morgan fingerprint density at radius 1 is 1.23 bits per heavy atom. The third-order valence-corrected chi connectivity index (χ3v) is 3.56. The number of hydrogen-bond donors (Lipinski definition) is 3. The van der Waals surface area contributed by atoms with Gasteiger partial charge in [-0.3, -0.25) is 4.79 Å². The van der Waals surface area contributed by atoms with Gasteiger partial charge in [0.05, 0.1) is 17.6 Å². The molecule has 1 atom stereocenters. The first kappa shape index (κ1) is 14.3. The van der Waals surface area contributed by atoms with Gasteiger partial charge >= 0.3 is 0 Å². The van der Waals surface area contributed by atoms with Crippen LogP contribution >= 0.6 is 0 Å². The average molecular weight is 295 g/mol. The van der Waals surface area contributed by atoms with Crippen LogP contribution in [0, 0.1) is 6.92 Å². The molecule has 0 spiro atoms. The summed E-state index contributed by atoms with van der Waals surface area (Å²) in [4.78, 5) is 19.6. The van der Waals surface area contributed by atoms with E-state index < -0.39 is 12.0 Å². The van der Waals surface area contributed by atoms with E-state index in [2.05, 4.69) is 15.3 Å². The van der Waals surface area contributed by atoms with Crippen LogP contribution in [0.4, 0.5) is 0 Å². The molecule has 0 saturated carbocycles. The Morgan fingerprint density at radius 2 is 2.00 bits per heavy atom. The van der Waals surface area contributed by atoms with Crippen LogP contribution in [0.5, 0.6) is 0 Å². The van der Waals surface area contributed by atoms with Gasteiger partial charge < -0.3 is 15.4 Å². The minimum absolute atomic E-state index is 0.247. The number of nitrogens with zero attached hydrogens (tertiary/aromatic N) is 1. The van der Waals surface area contributed by atoms with E-state index in [9.17, 15) is 9.90 Å². The summed E-state index contributed by atoms with van der Waals surface area (Å²) in [5.41, 5.74) is 3.49. The summed E-state index contributed by atoms with van der Waals surface area (Å²) in [6, 6.07) is 14.7. The number of aromatic nitrogens is 2. The molecule has 1 aromatic heterocycles. The number of para-hydroxylation sites is 1. The van der Waals surface area contributed by atoms with Crippen LogP contribution in [0.25, 0.3) is 11.0 Å². The Kier molecular flexibility index (Phi) is 3.89. The lowest BCUT2D eigenvalue weighted by Crippen LogP contribution is -2.29. The number of hydrogen-bond acceptors (Lipinski definition) is 3. The van der Waals surface area contributed by atoms with Crippen molar-refractivity contribution in [3.05, 3.63) is 65.5 Å². The molecule has 0 aliphatic rings. The summed E-state index contributed by atoms with van der Waals surface area (Å²) < 4.78 is 0. The first-order chi connectivity index (χ1) is 10.6. The van der Waals surface area contributed by atoms with Gasteiger partial charge in [-0.15, -0.1) is 0 Å². The van der Waals surface area contributed by atoms with E-state index in [0.717, 1.165) is 16.6 Å². The SMILES string of the molecule is Cc1cccc2[nH]c(CNC(=O)C(O)c3ccccc3)nc12. The predicted molar refractivity (Wildman–Crippen MR) is 84.1 cm³/mol. The maximum atomic E-state index is 12.0. The molecule has 1 heterocycles. The van der Waals surface area contributed by atoms with E-state index >= 15 is 0 Å². The molecule has 22 heavy (non-hydrogen) atoms. The molecule has 0 aliphatic carbocycles. The van der Waals surface area contributed by atoms with Gasteiger partial charge in [0.2, 0.25) is 0 Å². The summed E-state index contributed by atoms with van der Waals surface area (Å²) in [6.45, 7) is 2.24. The number of aliphatic hydroxyl groups excluding tert-OH is 1. The van der Waals surface area contributed by atoms with Crippen molar-refractivity contribution in [2.45, 2.75) is 19.6 Å². The number of aromatic amines is 1. The van der Waals surface area contributed by atoms with E-state index in [1.54, 1.807) is 24.3 Å². The van der Waals surface area contributed by atoms with E-state index in [1.807, 2.05) is 31.2 Å². The Hall–Kier alpha value is -2.66. The molecular weight excluding hydrogens is 278 g/mol. The molecule has 3 N–H and O–H groups in total. The molecule has 0 fully saturated rings. The van der Waals surface area contributed by atoms with Crippen LogP contribution in [0.3, 0.4) is 0 Å². The number of aryl methyl sites for hydroxylation is 1. The van der Waals surface area contributed by atoms with Crippen molar-refractivity contribution in [3.63, 3.8) is 0 Å². The predicted octanol–water partition coefficient (Wildman–Crippen LogP) is 2.22. The lowest BCUT2D eigenvalue weighted by Gasteiger charge is -2.10. The van der Waals surface area contributed by atoms with Gasteiger partial charge in [0.1, 0.15) is 5.82 Å². The zero-order chi connectivity index (χ0) is 15.5. The molecule has 3 aromatic rings. The Morgan fingerprint density at radius 3 is 2.73 bits per heavy atom. The highest BCUT2D eigenvalue weighted by atomic mass is 16.3. The van der Waals surface area contributed by atoms with E-state index in [-0.39, 0.29) is 6.54 Å². The van der Waals surface area contributed by atoms with Gasteiger partial charge in [0.25, 0.3) is 5.91 Å². The van der Waals surface area contributed by atoms with E-state index in [0.29, 0.717) is 11.4 Å². The second-order valence-electron chi connectivity index (χ2n) is 5.19. The summed E-state index contributed by atoms with van der Waals surface area (Å²) >= 11 is 0. The molecule has 1 amide bonds. The highest BCUT2D eigenvalue weighted by molar-refractivity contribution is 5.82.